The van der Waals surface area contributed by atoms with Crippen LogP contribution >= 0.6 is 0 Å². The van der Waals surface area contributed by atoms with Gasteiger partial charge in [-0.2, -0.15) is 0 Å². The molecular weight excluding hydrogens is 1100 g/mol. The maximum Gasteiger partial charge on any atom is 0.119 e. The van der Waals surface area contributed by atoms with Crippen molar-refractivity contribution in [3.63, 3.8) is 0 Å². The van der Waals surface area contributed by atoms with Crippen LogP contribution in [0.15, 0.2) is 285 Å². The molecule has 0 spiro atoms. The fourth-order valence-electron chi connectivity index (χ4n) is 12.1. The number of pyridine rings is 3. The van der Waals surface area contributed by atoms with Crippen molar-refractivity contribution in [2.75, 3.05) is 19.8 Å². The van der Waals surface area contributed by atoms with Crippen LogP contribution in [0.3, 0.4) is 0 Å². The molecule has 3 aromatic heterocycles. The highest BCUT2D eigenvalue weighted by molar-refractivity contribution is 5.85. The Balaban J connectivity index is 0.788. The Kier molecular flexibility index (Phi) is 18.5. The fourth-order valence-corrected chi connectivity index (χ4v) is 12.1. The van der Waals surface area contributed by atoms with Crippen LogP contribution in [-0.4, -0.2) is 34.8 Å². The minimum Gasteiger partial charge on any atom is -0.494 e. The lowest BCUT2D eigenvalue weighted by Crippen LogP contribution is -2.28. The molecule has 0 atom stereocenters. The molecule has 440 valence electrons. The van der Waals surface area contributed by atoms with Crippen LogP contribution in [0.2, 0.25) is 0 Å². The molecule has 0 saturated carbocycles. The van der Waals surface area contributed by atoms with Gasteiger partial charge in [-0.3, -0.25) is 9.97 Å². The Bertz CT molecular complexity index is 4180. The second-order valence-electron chi connectivity index (χ2n) is 23.2. The summed E-state index contributed by atoms with van der Waals surface area (Å²) in [5, 5.41) is 7.66. The van der Waals surface area contributed by atoms with E-state index in [1.54, 1.807) is 12.4 Å². The Hall–Kier alpha value is -10.6. The number of hydrogen-bond acceptors (Lipinski definition) is 6. The summed E-state index contributed by atoms with van der Waals surface area (Å²) in [6, 6.07) is 96.2. The maximum atomic E-state index is 6.48. The average Bonchev–Trinajstić information content (AvgIpc) is 0.866. The number of hydrogen-bond donors (Lipinski definition) is 0. The Labute approximate surface area is 528 Å². The molecule has 6 nitrogen and oxygen atoms in total. The summed E-state index contributed by atoms with van der Waals surface area (Å²) < 4.78 is 19.4. The number of ether oxygens (including phenoxy) is 3. The summed E-state index contributed by atoms with van der Waals surface area (Å²) in [6.07, 6.45) is 12.5. The summed E-state index contributed by atoms with van der Waals surface area (Å²) in [5.41, 5.74) is 12.2. The van der Waals surface area contributed by atoms with Gasteiger partial charge in [0.2, 0.25) is 0 Å². The van der Waals surface area contributed by atoms with Crippen molar-refractivity contribution in [2.24, 2.45) is 0 Å². The highest BCUT2D eigenvalue weighted by Gasteiger charge is 2.35. The van der Waals surface area contributed by atoms with E-state index in [1.165, 1.54) is 49.0 Å². The SMILES string of the molecule is C(#CC(c1ccc(OCCCCc2ccc3ccccc3c2)cc1)(c1ccc(OCCCCc2ccc3ccccc3c2)cc1)c1ccc(OCCCCc2ccc3ccccc3c2)cc1)c1ccc(-c2cc(-c3ccccn3)nc(-c3ccccn3)c2)cc1. The van der Waals surface area contributed by atoms with Crippen molar-refractivity contribution in [3.05, 3.63) is 324 Å². The van der Waals surface area contributed by atoms with Gasteiger partial charge in [0.25, 0.3) is 0 Å². The number of unbranched alkanes of at least 4 members (excludes halogenated alkanes) is 3. The number of aromatic nitrogens is 3. The second-order valence-corrected chi connectivity index (χ2v) is 23.2. The Morgan fingerprint density at radius 3 is 1.03 bits per heavy atom. The molecule has 0 saturated heterocycles. The van der Waals surface area contributed by atoms with Crippen LogP contribution in [0.5, 0.6) is 17.2 Å². The van der Waals surface area contributed by atoms with Gasteiger partial charge in [0.15, 0.2) is 0 Å². The van der Waals surface area contributed by atoms with Crippen molar-refractivity contribution in [1.82, 2.24) is 15.0 Å². The van der Waals surface area contributed by atoms with Gasteiger partial charge in [0.05, 0.1) is 42.6 Å². The third-order valence-corrected chi connectivity index (χ3v) is 17.0. The van der Waals surface area contributed by atoms with Gasteiger partial charge in [-0.1, -0.05) is 200 Å². The summed E-state index contributed by atoms with van der Waals surface area (Å²) in [6.45, 7) is 1.87. The lowest BCUT2D eigenvalue weighted by molar-refractivity contribution is 0.307. The van der Waals surface area contributed by atoms with Gasteiger partial charge >= 0.3 is 0 Å². The molecule has 13 rings (SSSR count). The third-order valence-electron chi connectivity index (χ3n) is 17.0. The van der Waals surface area contributed by atoms with Gasteiger partial charge in [-0.15, -0.1) is 0 Å². The normalized spacial score (nSPS) is 11.3. The quantitative estimate of drug-likeness (QED) is 0.0341. The van der Waals surface area contributed by atoms with Crippen molar-refractivity contribution < 1.29 is 14.2 Å². The molecule has 0 aliphatic carbocycles. The van der Waals surface area contributed by atoms with E-state index in [0.717, 1.165) is 131 Å². The van der Waals surface area contributed by atoms with E-state index in [4.69, 9.17) is 19.2 Å². The highest BCUT2D eigenvalue weighted by Crippen LogP contribution is 2.41. The number of nitrogens with zero attached hydrogens (tertiary/aromatic N) is 3. The fraction of sp³-hybridized carbons (Fsp3) is 0.155. The first-order valence-electron chi connectivity index (χ1n) is 31.7. The number of rotatable bonds is 24. The van der Waals surface area contributed by atoms with Crippen LogP contribution in [0.25, 0.3) is 66.2 Å². The predicted molar refractivity (Wildman–Crippen MR) is 369 cm³/mol. The molecule has 90 heavy (non-hydrogen) atoms. The monoisotopic (exact) mass is 1170 g/mol. The van der Waals surface area contributed by atoms with Crippen molar-refractivity contribution in [1.29, 1.82) is 0 Å². The predicted octanol–water partition coefficient (Wildman–Crippen LogP) is 19.9. The molecule has 13 aromatic rings. The Morgan fingerprint density at radius 1 is 0.300 bits per heavy atom. The molecule has 0 aliphatic heterocycles. The molecule has 0 fully saturated rings. The highest BCUT2D eigenvalue weighted by atomic mass is 16.5. The lowest BCUT2D eigenvalue weighted by Gasteiger charge is -2.31. The first kappa shape index (κ1) is 58.4. The van der Waals surface area contributed by atoms with E-state index < -0.39 is 5.41 Å². The second kappa shape index (κ2) is 28.5. The first-order valence-corrected chi connectivity index (χ1v) is 31.7. The molecule has 6 heteroatoms. The third kappa shape index (κ3) is 14.4. The average molecular weight is 1170 g/mol. The van der Waals surface area contributed by atoms with Crippen LogP contribution < -0.4 is 14.2 Å². The van der Waals surface area contributed by atoms with E-state index in [-0.39, 0.29) is 0 Å². The lowest BCUT2D eigenvalue weighted by atomic mass is 9.69. The first-order chi connectivity index (χ1) is 44.5. The van der Waals surface area contributed by atoms with E-state index in [2.05, 4.69) is 258 Å². The summed E-state index contributed by atoms with van der Waals surface area (Å²) >= 11 is 0. The van der Waals surface area contributed by atoms with Gasteiger partial charge in [0, 0.05) is 18.0 Å². The molecule has 0 radical (unpaired) electrons. The smallest absolute Gasteiger partial charge is 0.119 e. The molecule has 0 aliphatic rings. The van der Waals surface area contributed by atoms with E-state index in [9.17, 15) is 0 Å². The Morgan fingerprint density at radius 2 is 0.667 bits per heavy atom. The van der Waals surface area contributed by atoms with Gasteiger partial charge < -0.3 is 14.2 Å². The van der Waals surface area contributed by atoms with Crippen molar-refractivity contribution in [2.45, 2.75) is 63.2 Å². The number of aryl methyl sites for hydroxylation is 3. The molecular formula is C84H71N3O3. The van der Waals surface area contributed by atoms with Crippen LogP contribution in [0.4, 0.5) is 0 Å². The standard InChI is InChI=1S/C84H71N3O3/c1-4-23-70-57-63(30-35-66(70)20-1)17-9-14-54-88-77-44-38-74(39-45-77)84(75-40-46-78(47-41-75)89-55-15-10-18-64-31-36-67-21-2-5-24-71(67)58-64,76-42-48-79(49-43-76)90-56-16-11-19-65-32-37-68-22-3-6-25-72(68)59-65)51-50-62-28-33-69(34-29-62)73-60-82(80-26-7-12-52-85-80)87-83(61-73)81-27-8-13-53-86-81/h1-8,12-13,20-49,52-53,57-61H,9-11,14-19,54-56H2. The maximum absolute atomic E-state index is 6.48. The molecule has 0 bridgehead atoms. The van der Waals surface area contributed by atoms with Gasteiger partial charge in [-0.25, -0.2) is 4.98 Å². The molecule has 0 amide bonds. The minimum atomic E-state index is -0.936. The summed E-state index contributed by atoms with van der Waals surface area (Å²) in [5.74, 6) is 10.1. The topological polar surface area (TPSA) is 66.4 Å². The van der Waals surface area contributed by atoms with Gasteiger partial charge in [-0.05, 0) is 220 Å². The minimum absolute atomic E-state index is 0.623. The summed E-state index contributed by atoms with van der Waals surface area (Å²) in [4.78, 5) is 14.3. The zero-order chi connectivity index (χ0) is 60.6. The zero-order valence-corrected chi connectivity index (χ0v) is 50.7. The molecule has 10 aromatic carbocycles. The van der Waals surface area contributed by atoms with Gasteiger partial charge in [0.1, 0.15) is 22.7 Å². The molecule has 0 N–H and O–H groups in total. The molecule has 3 heterocycles. The van der Waals surface area contributed by atoms with E-state index in [1.807, 2.05) is 36.4 Å². The van der Waals surface area contributed by atoms with Crippen molar-refractivity contribution in [3.8, 4) is 63.0 Å². The van der Waals surface area contributed by atoms with Crippen LogP contribution in [-0.2, 0) is 24.7 Å². The van der Waals surface area contributed by atoms with Crippen molar-refractivity contribution >= 4 is 32.3 Å². The molecule has 0 unspecified atom stereocenters. The summed E-state index contributed by atoms with van der Waals surface area (Å²) in [7, 11) is 0. The van der Waals surface area contributed by atoms with E-state index in [0.29, 0.717) is 19.8 Å². The zero-order valence-electron chi connectivity index (χ0n) is 50.7. The van der Waals surface area contributed by atoms with Crippen LogP contribution in [0, 0.1) is 11.8 Å². The largest absolute Gasteiger partial charge is 0.494 e. The van der Waals surface area contributed by atoms with E-state index >= 15 is 0 Å². The van der Waals surface area contributed by atoms with Crippen LogP contribution in [0.1, 0.15) is 77.5 Å². The number of fused-ring (bicyclic) bond motifs is 3. The number of benzene rings is 10.